The average Bonchev–Trinajstić information content (AvgIpc) is 2.83. The molecule has 1 fully saturated rings. The van der Waals surface area contributed by atoms with Crippen molar-refractivity contribution < 1.29 is 14.4 Å². The fraction of sp³-hybridized carbons (Fsp3) is 0.611. The molecule has 1 aliphatic heterocycles. The third kappa shape index (κ3) is 6.09. The van der Waals surface area contributed by atoms with Crippen molar-refractivity contribution in [2.24, 2.45) is 5.92 Å². The summed E-state index contributed by atoms with van der Waals surface area (Å²) in [5, 5.41) is 5.58. The number of aromatic nitrogens is 2. The molecule has 142 valence electrons. The molecule has 1 aromatic rings. The molecule has 2 heterocycles. The zero-order valence-corrected chi connectivity index (χ0v) is 15.4. The summed E-state index contributed by atoms with van der Waals surface area (Å²) in [5.74, 6) is -0.351. The largest absolute Gasteiger partial charge is 0.354 e. The van der Waals surface area contributed by atoms with Crippen LogP contribution in [0.25, 0.3) is 0 Å². The second kappa shape index (κ2) is 9.84. The molecule has 2 rings (SSSR count). The summed E-state index contributed by atoms with van der Waals surface area (Å²) in [7, 11) is 0. The van der Waals surface area contributed by atoms with E-state index in [4.69, 9.17) is 0 Å². The van der Waals surface area contributed by atoms with E-state index in [2.05, 4.69) is 20.6 Å². The van der Waals surface area contributed by atoms with Crippen molar-refractivity contribution in [2.45, 2.75) is 45.6 Å². The molecule has 1 aliphatic rings. The lowest BCUT2D eigenvalue weighted by Gasteiger charge is -2.24. The van der Waals surface area contributed by atoms with Crippen molar-refractivity contribution in [3.05, 3.63) is 24.3 Å². The number of nitrogens with one attached hydrogen (secondary N) is 2. The molecule has 1 saturated heterocycles. The van der Waals surface area contributed by atoms with Crippen LogP contribution in [0.4, 0.5) is 0 Å². The van der Waals surface area contributed by atoms with Gasteiger partial charge in [0.05, 0.1) is 6.20 Å². The molecular formula is C18H27N5O3. The first kappa shape index (κ1) is 19.8. The lowest BCUT2D eigenvalue weighted by molar-refractivity contribution is -0.128. The first-order chi connectivity index (χ1) is 12.5. The Bertz CT molecular complexity index is 621. The predicted molar refractivity (Wildman–Crippen MR) is 96.2 cm³/mol. The summed E-state index contributed by atoms with van der Waals surface area (Å²) in [6.07, 6.45) is 7.01. The minimum Gasteiger partial charge on any atom is -0.354 e. The van der Waals surface area contributed by atoms with Crippen molar-refractivity contribution >= 4 is 17.7 Å². The molecule has 8 heteroatoms. The van der Waals surface area contributed by atoms with E-state index in [1.54, 1.807) is 4.90 Å². The van der Waals surface area contributed by atoms with E-state index in [0.717, 1.165) is 12.8 Å². The molecule has 0 spiro atoms. The topological polar surface area (TPSA) is 104 Å². The SMILES string of the molecule is CC(C)CN(CCC(=O)NC1CCCCNC1=O)C(=O)c1cnccn1. The van der Waals surface area contributed by atoms with Crippen LogP contribution in [0, 0.1) is 5.92 Å². The number of carbonyl (C=O) groups excluding carboxylic acids is 3. The van der Waals surface area contributed by atoms with E-state index in [-0.39, 0.29) is 42.3 Å². The number of amides is 3. The van der Waals surface area contributed by atoms with Crippen molar-refractivity contribution in [2.75, 3.05) is 19.6 Å². The average molecular weight is 361 g/mol. The van der Waals surface area contributed by atoms with Crippen LogP contribution in [0.2, 0.25) is 0 Å². The smallest absolute Gasteiger partial charge is 0.274 e. The maximum absolute atomic E-state index is 12.6. The van der Waals surface area contributed by atoms with Gasteiger partial charge in [0.15, 0.2) is 0 Å². The summed E-state index contributed by atoms with van der Waals surface area (Å²) in [4.78, 5) is 46.4. The molecule has 2 N–H and O–H groups in total. The molecule has 1 atom stereocenters. The quantitative estimate of drug-likeness (QED) is 0.746. The first-order valence-electron chi connectivity index (χ1n) is 9.09. The Labute approximate surface area is 153 Å². The normalized spacial score (nSPS) is 17.3. The molecule has 0 radical (unpaired) electrons. The van der Waals surface area contributed by atoms with Crippen molar-refractivity contribution in [1.82, 2.24) is 25.5 Å². The molecule has 3 amide bonds. The van der Waals surface area contributed by atoms with Gasteiger partial charge in [0, 0.05) is 38.4 Å². The monoisotopic (exact) mass is 361 g/mol. The number of rotatable bonds is 7. The second-order valence-corrected chi connectivity index (χ2v) is 6.89. The lowest BCUT2D eigenvalue weighted by atomic mass is 10.1. The van der Waals surface area contributed by atoms with Crippen LogP contribution in [0.3, 0.4) is 0 Å². The van der Waals surface area contributed by atoms with Gasteiger partial charge in [0.1, 0.15) is 11.7 Å². The van der Waals surface area contributed by atoms with Gasteiger partial charge in [-0.15, -0.1) is 0 Å². The van der Waals surface area contributed by atoms with E-state index in [9.17, 15) is 14.4 Å². The van der Waals surface area contributed by atoms with Crippen LogP contribution in [-0.4, -0.2) is 58.3 Å². The molecule has 0 aliphatic carbocycles. The highest BCUT2D eigenvalue weighted by Gasteiger charge is 2.24. The van der Waals surface area contributed by atoms with E-state index < -0.39 is 6.04 Å². The summed E-state index contributed by atoms with van der Waals surface area (Å²) in [6.45, 7) is 5.46. The highest BCUT2D eigenvalue weighted by molar-refractivity contribution is 5.92. The van der Waals surface area contributed by atoms with Gasteiger partial charge in [-0.1, -0.05) is 13.8 Å². The molecule has 0 bridgehead atoms. The third-order valence-electron chi connectivity index (χ3n) is 4.13. The van der Waals surface area contributed by atoms with Gasteiger partial charge in [-0.3, -0.25) is 19.4 Å². The van der Waals surface area contributed by atoms with Gasteiger partial charge in [-0.05, 0) is 25.2 Å². The second-order valence-electron chi connectivity index (χ2n) is 6.89. The standard InChI is InChI=1S/C18H27N5O3/c1-13(2)12-23(18(26)15-11-19-8-9-20-15)10-6-16(24)22-14-5-3-4-7-21-17(14)25/h8-9,11,13-14H,3-7,10,12H2,1-2H3,(H,21,25)(H,22,24). The number of nitrogens with zero attached hydrogens (tertiary/aromatic N) is 3. The Morgan fingerprint density at radius 1 is 1.35 bits per heavy atom. The Hall–Kier alpha value is -2.51. The Kier molecular flexibility index (Phi) is 7.50. The fourth-order valence-electron chi connectivity index (χ4n) is 2.87. The molecule has 1 unspecified atom stereocenters. The van der Waals surface area contributed by atoms with E-state index in [0.29, 0.717) is 19.5 Å². The van der Waals surface area contributed by atoms with Crippen molar-refractivity contribution in [1.29, 1.82) is 0 Å². The van der Waals surface area contributed by atoms with Crippen LogP contribution in [0.15, 0.2) is 18.6 Å². The maximum atomic E-state index is 12.6. The molecule has 8 nitrogen and oxygen atoms in total. The Morgan fingerprint density at radius 2 is 2.15 bits per heavy atom. The molecule has 0 aromatic carbocycles. The van der Waals surface area contributed by atoms with E-state index >= 15 is 0 Å². The van der Waals surface area contributed by atoms with E-state index in [1.165, 1.54) is 18.6 Å². The Balaban J connectivity index is 1.92. The van der Waals surface area contributed by atoms with Crippen LogP contribution >= 0.6 is 0 Å². The summed E-state index contributed by atoms with van der Waals surface area (Å²) in [5.41, 5.74) is 0.261. The number of hydrogen-bond donors (Lipinski definition) is 2. The van der Waals surface area contributed by atoms with Gasteiger partial charge in [-0.25, -0.2) is 4.98 Å². The van der Waals surface area contributed by atoms with Crippen LogP contribution in [-0.2, 0) is 9.59 Å². The van der Waals surface area contributed by atoms with Crippen molar-refractivity contribution in [3.8, 4) is 0 Å². The maximum Gasteiger partial charge on any atom is 0.274 e. The zero-order chi connectivity index (χ0) is 18.9. The van der Waals surface area contributed by atoms with Crippen LogP contribution < -0.4 is 10.6 Å². The van der Waals surface area contributed by atoms with Crippen LogP contribution in [0.5, 0.6) is 0 Å². The van der Waals surface area contributed by atoms with E-state index in [1.807, 2.05) is 13.8 Å². The molecular weight excluding hydrogens is 334 g/mol. The Morgan fingerprint density at radius 3 is 2.85 bits per heavy atom. The number of hydrogen-bond acceptors (Lipinski definition) is 5. The van der Waals surface area contributed by atoms with Gasteiger partial charge in [-0.2, -0.15) is 0 Å². The van der Waals surface area contributed by atoms with Gasteiger partial charge in [0.25, 0.3) is 5.91 Å². The predicted octanol–water partition coefficient (Wildman–Crippen LogP) is 0.750. The zero-order valence-electron chi connectivity index (χ0n) is 15.4. The summed E-state index contributed by atoms with van der Waals surface area (Å²) in [6, 6.07) is -0.487. The van der Waals surface area contributed by atoms with Crippen molar-refractivity contribution in [3.63, 3.8) is 0 Å². The van der Waals surface area contributed by atoms with Gasteiger partial charge >= 0.3 is 0 Å². The fourth-order valence-corrected chi connectivity index (χ4v) is 2.87. The summed E-state index contributed by atoms with van der Waals surface area (Å²) < 4.78 is 0. The highest BCUT2D eigenvalue weighted by atomic mass is 16.2. The molecule has 1 aromatic heterocycles. The first-order valence-corrected chi connectivity index (χ1v) is 9.09. The summed E-state index contributed by atoms with van der Waals surface area (Å²) >= 11 is 0. The van der Waals surface area contributed by atoms with Gasteiger partial charge < -0.3 is 15.5 Å². The molecule has 26 heavy (non-hydrogen) atoms. The van der Waals surface area contributed by atoms with Gasteiger partial charge in [0.2, 0.25) is 11.8 Å². The van der Waals surface area contributed by atoms with Crippen LogP contribution in [0.1, 0.15) is 50.0 Å². The highest BCUT2D eigenvalue weighted by Crippen LogP contribution is 2.08. The minimum absolute atomic E-state index is 0.134. The lowest BCUT2D eigenvalue weighted by Crippen LogP contribution is -2.46. The number of carbonyl (C=O) groups is 3. The molecule has 0 saturated carbocycles. The minimum atomic E-state index is -0.487. The third-order valence-corrected chi connectivity index (χ3v) is 4.13.